The zero-order valence-electron chi connectivity index (χ0n) is 11.6. The fraction of sp³-hybridized carbons (Fsp3) is 0.357. The first-order valence-corrected chi connectivity index (χ1v) is 7.94. The van der Waals surface area contributed by atoms with E-state index in [-0.39, 0.29) is 27.9 Å². The molecule has 0 heterocycles. The maximum absolute atomic E-state index is 12.5. The molecule has 0 aromatic heterocycles. The Hall–Kier alpha value is -1.55. The van der Waals surface area contributed by atoms with Gasteiger partial charge in [-0.15, -0.1) is 0 Å². The van der Waals surface area contributed by atoms with Crippen LogP contribution in [0.5, 0.6) is 0 Å². The predicted octanol–water partition coefficient (Wildman–Crippen LogP) is 2.01. The van der Waals surface area contributed by atoms with Crippen LogP contribution in [0.4, 0.5) is 0 Å². The van der Waals surface area contributed by atoms with E-state index in [9.17, 15) is 13.2 Å². The van der Waals surface area contributed by atoms with Crippen LogP contribution in [0.1, 0.15) is 19.4 Å². The molecule has 0 saturated heterocycles. The van der Waals surface area contributed by atoms with Crippen LogP contribution in [0.15, 0.2) is 23.1 Å². The number of benzene rings is 1. The second-order valence-corrected chi connectivity index (χ2v) is 7.20. The quantitative estimate of drug-likeness (QED) is 0.811. The first-order valence-electron chi connectivity index (χ1n) is 6.12. The lowest BCUT2D eigenvalue weighted by Gasteiger charge is -2.22. The number of rotatable bonds is 6. The minimum absolute atomic E-state index is 0.0243. The van der Waals surface area contributed by atoms with Crippen LogP contribution in [0.3, 0.4) is 0 Å². The lowest BCUT2D eigenvalue weighted by molar-refractivity contribution is -0.137. The highest BCUT2D eigenvalue weighted by Gasteiger charge is 2.27. The Morgan fingerprint density at radius 2 is 2.10 bits per heavy atom. The van der Waals surface area contributed by atoms with E-state index in [0.29, 0.717) is 0 Å². The predicted molar refractivity (Wildman–Crippen MR) is 78.9 cm³/mol. The third-order valence-electron chi connectivity index (χ3n) is 2.59. The molecule has 0 aliphatic heterocycles. The lowest BCUT2D eigenvalue weighted by Crippen LogP contribution is -2.38. The van der Waals surface area contributed by atoms with E-state index >= 15 is 0 Å². The van der Waals surface area contributed by atoms with Crippen LogP contribution >= 0.6 is 11.6 Å². The van der Waals surface area contributed by atoms with Crippen molar-refractivity contribution in [3.63, 3.8) is 0 Å². The third-order valence-corrected chi connectivity index (χ3v) is 4.71. The van der Waals surface area contributed by atoms with Crippen molar-refractivity contribution in [1.82, 2.24) is 4.31 Å². The Morgan fingerprint density at radius 3 is 2.52 bits per heavy atom. The summed E-state index contributed by atoms with van der Waals surface area (Å²) in [5.74, 6) is 0.832. The summed E-state index contributed by atoms with van der Waals surface area (Å²) in [6, 6.07) is 3.84. The summed E-state index contributed by atoms with van der Waals surface area (Å²) < 4.78 is 25.9. The molecule has 0 saturated carbocycles. The molecule has 1 rings (SSSR count). The molecule has 7 heteroatoms. The van der Waals surface area contributed by atoms with Gasteiger partial charge in [0.25, 0.3) is 0 Å². The molecule has 0 bridgehead atoms. The van der Waals surface area contributed by atoms with Crippen molar-refractivity contribution >= 4 is 27.6 Å². The van der Waals surface area contributed by atoms with E-state index < -0.39 is 22.5 Å². The van der Waals surface area contributed by atoms with Gasteiger partial charge in [-0.25, -0.2) is 8.42 Å². The number of halogens is 1. The van der Waals surface area contributed by atoms with Crippen LogP contribution in [0.2, 0.25) is 5.02 Å². The molecule has 0 aliphatic rings. The monoisotopic (exact) mass is 328 g/mol. The summed E-state index contributed by atoms with van der Waals surface area (Å²) in [5.41, 5.74) is 0.268. The molecule has 0 amide bonds. The molecule has 0 unspecified atom stereocenters. The summed E-state index contributed by atoms with van der Waals surface area (Å²) in [6.45, 7) is 3.07. The molecule has 1 radical (unpaired) electrons. The molecule has 0 aliphatic carbocycles. The molecular formula is C14H15ClNO4S. The van der Waals surface area contributed by atoms with Crippen molar-refractivity contribution in [1.29, 1.82) is 0 Å². The van der Waals surface area contributed by atoms with E-state index in [4.69, 9.17) is 23.1 Å². The summed E-state index contributed by atoms with van der Waals surface area (Å²) in [5, 5.41) is 8.95. The van der Waals surface area contributed by atoms with Gasteiger partial charge in [-0.2, -0.15) is 4.31 Å². The molecule has 0 spiro atoms. The van der Waals surface area contributed by atoms with E-state index in [1.54, 1.807) is 13.8 Å². The van der Waals surface area contributed by atoms with Gasteiger partial charge in [-0.05, 0) is 30.5 Å². The van der Waals surface area contributed by atoms with Crippen molar-refractivity contribution in [2.45, 2.75) is 18.7 Å². The fourth-order valence-electron chi connectivity index (χ4n) is 1.71. The normalized spacial score (nSPS) is 11.6. The summed E-state index contributed by atoms with van der Waals surface area (Å²) >= 11 is 5.87. The Balaban J connectivity index is 3.25. The molecule has 113 valence electrons. The SMILES string of the molecule is [C]#Cc1ccc(S(=O)(=O)N(CC(=O)O)CC(C)C)cc1Cl. The number of carbonyl (C=O) groups is 1. The molecule has 5 nitrogen and oxygen atoms in total. The average Bonchev–Trinajstić information content (AvgIpc) is 2.36. The fourth-order valence-corrected chi connectivity index (χ4v) is 3.58. The van der Waals surface area contributed by atoms with Gasteiger partial charge in [0, 0.05) is 12.1 Å². The van der Waals surface area contributed by atoms with E-state index in [1.165, 1.54) is 18.2 Å². The first-order chi connectivity index (χ1) is 9.68. The number of carboxylic acids is 1. The van der Waals surface area contributed by atoms with Crippen LogP contribution < -0.4 is 0 Å². The van der Waals surface area contributed by atoms with Gasteiger partial charge in [0.15, 0.2) is 0 Å². The van der Waals surface area contributed by atoms with Gasteiger partial charge in [-0.3, -0.25) is 4.79 Å². The Labute approximate surface area is 129 Å². The van der Waals surface area contributed by atoms with Crippen LogP contribution in [-0.2, 0) is 14.8 Å². The van der Waals surface area contributed by atoms with Gasteiger partial charge in [0.05, 0.1) is 9.92 Å². The third kappa shape index (κ3) is 4.46. The minimum Gasteiger partial charge on any atom is -0.480 e. The van der Waals surface area contributed by atoms with Crippen molar-refractivity contribution in [3.8, 4) is 5.92 Å². The highest BCUT2D eigenvalue weighted by molar-refractivity contribution is 7.89. The first kappa shape index (κ1) is 17.5. The lowest BCUT2D eigenvalue weighted by atomic mass is 10.2. The van der Waals surface area contributed by atoms with Crippen LogP contribution in [-0.4, -0.2) is 36.9 Å². The van der Waals surface area contributed by atoms with E-state index in [1.807, 2.05) is 0 Å². The van der Waals surface area contributed by atoms with Crippen molar-refractivity contribution in [2.75, 3.05) is 13.1 Å². The van der Waals surface area contributed by atoms with Crippen molar-refractivity contribution in [2.24, 2.45) is 5.92 Å². The number of hydrogen-bond acceptors (Lipinski definition) is 3. The smallest absolute Gasteiger partial charge is 0.318 e. The summed E-state index contributed by atoms with van der Waals surface area (Å²) in [4.78, 5) is 10.8. The highest BCUT2D eigenvalue weighted by Crippen LogP contribution is 2.23. The zero-order valence-corrected chi connectivity index (χ0v) is 13.2. The van der Waals surface area contributed by atoms with Crippen molar-refractivity contribution < 1.29 is 18.3 Å². The Morgan fingerprint density at radius 1 is 1.48 bits per heavy atom. The molecule has 1 aromatic carbocycles. The molecular weight excluding hydrogens is 314 g/mol. The van der Waals surface area contributed by atoms with Gasteiger partial charge < -0.3 is 5.11 Å². The second kappa shape index (κ2) is 6.94. The van der Waals surface area contributed by atoms with E-state index in [2.05, 4.69) is 5.92 Å². The number of sulfonamides is 1. The largest absolute Gasteiger partial charge is 0.480 e. The number of aliphatic carboxylic acids is 1. The topological polar surface area (TPSA) is 74.7 Å². The Bertz CT molecular complexity index is 677. The molecule has 1 N–H and O–H groups in total. The van der Waals surface area contributed by atoms with Crippen LogP contribution in [0, 0.1) is 18.3 Å². The summed E-state index contributed by atoms with van der Waals surface area (Å²) in [7, 11) is -3.96. The molecule has 21 heavy (non-hydrogen) atoms. The number of nitrogens with zero attached hydrogens (tertiary/aromatic N) is 1. The van der Waals surface area contributed by atoms with Crippen LogP contribution in [0.25, 0.3) is 0 Å². The average molecular weight is 329 g/mol. The maximum atomic E-state index is 12.5. The minimum atomic E-state index is -3.96. The van der Waals surface area contributed by atoms with Gasteiger partial charge in [0.2, 0.25) is 10.0 Å². The zero-order chi connectivity index (χ0) is 16.2. The van der Waals surface area contributed by atoms with Crippen molar-refractivity contribution in [3.05, 3.63) is 35.2 Å². The summed E-state index contributed by atoms with van der Waals surface area (Å²) in [6.07, 6.45) is 7.01. The number of hydrogen-bond donors (Lipinski definition) is 1. The number of carboxylic acid groups (broad SMARTS) is 1. The van der Waals surface area contributed by atoms with E-state index in [0.717, 1.165) is 4.31 Å². The molecule has 1 aromatic rings. The Kier molecular flexibility index (Phi) is 5.78. The van der Waals surface area contributed by atoms with Gasteiger partial charge in [-0.1, -0.05) is 31.4 Å². The molecule has 0 fully saturated rings. The molecule has 0 atom stereocenters. The second-order valence-electron chi connectivity index (χ2n) is 4.85. The van der Waals surface area contributed by atoms with Gasteiger partial charge in [0.1, 0.15) is 6.54 Å². The highest BCUT2D eigenvalue weighted by atomic mass is 35.5. The van der Waals surface area contributed by atoms with Gasteiger partial charge >= 0.3 is 5.97 Å². The maximum Gasteiger partial charge on any atom is 0.318 e. The standard InChI is InChI=1S/C14H15ClNO4S/c1-4-11-5-6-12(7-13(11)15)21(19,20)16(8-10(2)3)9-14(17)18/h5-7,10H,8-9H2,2-3H3,(H,17,18).